The van der Waals surface area contributed by atoms with Crippen molar-refractivity contribution >= 4 is 5.91 Å². The van der Waals surface area contributed by atoms with Gasteiger partial charge in [0.25, 0.3) is 0 Å². The number of methoxy groups -OCH3 is 1. The van der Waals surface area contributed by atoms with Gasteiger partial charge in [-0.15, -0.1) is 0 Å². The molecule has 0 aliphatic rings. The van der Waals surface area contributed by atoms with Crippen LogP contribution in [0, 0.1) is 6.92 Å². The minimum atomic E-state index is 0.172. The average molecular weight is 325 g/mol. The zero-order chi connectivity index (χ0) is 17.2. The van der Waals surface area contributed by atoms with Gasteiger partial charge in [0.2, 0.25) is 5.91 Å². The summed E-state index contributed by atoms with van der Waals surface area (Å²) in [6.45, 7) is 4.04. The van der Waals surface area contributed by atoms with Crippen molar-refractivity contribution in [1.82, 2.24) is 4.90 Å². The lowest BCUT2D eigenvalue weighted by Crippen LogP contribution is -2.36. The first kappa shape index (κ1) is 18.2. The smallest absolute Gasteiger partial charge is 0.227 e. The van der Waals surface area contributed by atoms with Crippen molar-refractivity contribution in [3.05, 3.63) is 71.3 Å². The molecule has 2 rings (SSSR count). The second-order valence-electron chi connectivity index (χ2n) is 6.13. The first-order valence-corrected chi connectivity index (χ1v) is 8.55. The molecule has 2 aromatic carbocycles. The topological polar surface area (TPSA) is 29.5 Å². The molecule has 0 atom stereocenters. The third-order valence-electron chi connectivity index (χ3n) is 4.09. The molecule has 0 spiro atoms. The van der Waals surface area contributed by atoms with Crippen molar-refractivity contribution in [2.24, 2.45) is 0 Å². The predicted octanol–water partition coefficient (Wildman–Crippen LogP) is 3.65. The van der Waals surface area contributed by atoms with E-state index < -0.39 is 0 Å². The van der Waals surface area contributed by atoms with Crippen LogP contribution >= 0.6 is 0 Å². The number of hydrogen-bond acceptors (Lipinski definition) is 2. The second-order valence-corrected chi connectivity index (χ2v) is 6.13. The molecular formula is C21H27NO2. The van der Waals surface area contributed by atoms with Crippen molar-refractivity contribution in [3.63, 3.8) is 0 Å². The first-order chi connectivity index (χ1) is 11.7. The monoisotopic (exact) mass is 325 g/mol. The molecule has 0 aromatic heterocycles. The van der Waals surface area contributed by atoms with E-state index in [1.807, 2.05) is 23.1 Å². The highest BCUT2D eigenvalue weighted by atomic mass is 16.5. The highest BCUT2D eigenvalue weighted by Gasteiger charge is 2.13. The van der Waals surface area contributed by atoms with Gasteiger partial charge in [-0.25, -0.2) is 0 Å². The maximum absolute atomic E-state index is 12.6. The van der Waals surface area contributed by atoms with Crippen molar-refractivity contribution in [2.75, 3.05) is 26.8 Å². The molecule has 0 saturated heterocycles. The van der Waals surface area contributed by atoms with Crippen molar-refractivity contribution in [1.29, 1.82) is 0 Å². The van der Waals surface area contributed by atoms with E-state index >= 15 is 0 Å². The lowest BCUT2D eigenvalue weighted by Gasteiger charge is -2.22. The fourth-order valence-corrected chi connectivity index (χ4v) is 2.79. The molecule has 24 heavy (non-hydrogen) atoms. The summed E-state index contributed by atoms with van der Waals surface area (Å²) in [4.78, 5) is 14.6. The molecule has 0 aliphatic carbocycles. The van der Waals surface area contributed by atoms with Gasteiger partial charge in [-0.05, 0) is 30.9 Å². The summed E-state index contributed by atoms with van der Waals surface area (Å²) in [5, 5.41) is 0. The van der Waals surface area contributed by atoms with E-state index in [0.717, 1.165) is 24.9 Å². The number of amides is 1. The highest BCUT2D eigenvalue weighted by Crippen LogP contribution is 2.09. The lowest BCUT2D eigenvalue weighted by atomic mass is 10.1. The van der Waals surface area contributed by atoms with E-state index in [9.17, 15) is 4.79 Å². The van der Waals surface area contributed by atoms with Crippen LogP contribution in [0.5, 0.6) is 0 Å². The Labute approximate surface area is 145 Å². The Morgan fingerprint density at radius 2 is 1.75 bits per heavy atom. The molecule has 3 heteroatoms. The summed E-state index contributed by atoms with van der Waals surface area (Å²) >= 11 is 0. The molecule has 0 saturated carbocycles. The molecule has 1 amide bonds. The minimum absolute atomic E-state index is 0.172. The zero-order valence-electron chi connectivity index (χ0n) is 14.7. The third-order valence-corrected chi connectivity index (χ3v) is 4.09. The SMILES string of the molecule is COCCN(CCCc1ccccc1)C(=O)Cc1cccc(C)c1. The van der Waals surface area contributed by atoms with Gasteiger partial charge in [0.05, 0.1) is 13.0 Å². The Balaban J connectivity index is 1.89. The van der Waals surface area contributed by atoms with Gasteiger partial charge in [-0.3, -0.25) is 4.79 Å². The van der Waals surface area contributed by atoms with Crippen LogP contribution in [0.1, 0.15) is 23.1 Å². The summed E-state index contributed by atoms with van der Waals surface area (Å²) in [5.41, 5.74) is 3.58. The van der Waals surface area contributed by atoms with Crippen molar-refractivity contribution in [3.8, 4) is 0 Å². The van der Waals surface area contributed by atoms with E-state index in [-0.39, 0.29) is 5.91 Å². The first-order valence-electron chi connectivity index (χ1n) is 8.55. The maximum atomic E-state index is 12.6. The summed E-state index contributed by atoms with van der Waals surface area (Å²) in [6, 6.07) is 18.6. The van der Waals surface area contributed by atoms with Gasteiger partial charge >= 0.3 is 0 Å². The Morgan fingerprint density at radius 3 is 2.46 bits per heavy atom. The largest absolute Gasteiger partial charge is 0.383 e. The van der Waals surface area contributed by atoms with Crippen LogP contribution in [0.15, 0.2) is 54.6 Å². The fourth-order valence-electron chi connectivity index (χ4n) is 2.79. The Hall–Kier alpha value is -2.13. The summed E-state index contributed by atoms with van der Waals surface area (Å²) < 4.78 is 5.16. The van der Waals surface area contributed by atoms with Crippen LogP contribution in [-0.2, 0) is 22.4 Å². The average Bonchev–Trinajstić information content (AvgIpc) is 2.58. The Kier molecular flexibility index (Phi) is 7.50. The fraction of sp³-hybridized carbons (Fsp3) is 0.381. The summed E-state index contributed by atoms with van der Waals surface area (Å²) in [6.07, 6.45) is 2.41. The quantitative estimate of drug-likeness (QED) is 0.704. The van der Waals surface area contributed by atoms with Gasteiger partial charge in [0.15, 0.2) is 0 Å². The molecule has 2 aromatic rings. The number of carbonyl (C=O) groups is 1. The standard InChI is InChI=1S/C21H27NO2/c1-18-8-6-11-20(16-18)17-21(23)22(14-15-24-2)13-7-12-19-9-4-3-5-10-19/h3-6,8-11,16H,7,12-15,17H2,1-2H3. The molecule has 0 N–H and O–H groups in total. The second kappa shape index (κ2) is 9.89. The van der Waals surface area contributed by atoms with Gasteiger partial charge in [-0.2, -0.15) is 0 Å². The van der Waals surface area contributed by atoms with Crippen molar-refractivity contribution in [2.45, 2.75) is 26.2 Å². The van der Waals surface area contributed by atoms with E-state index in [1.165, 1.54) is 11.1 Å². The predicted molar refractivity (Wildman–Crippen MR) is 98.1 cm³/mol. The van der Waals surface area contributed by atoms with E-state index in [2.05, 4.69) is 43.3 Å². The van der Waals surface area contributed by atoms with E-state index in [1.54, 1.807) is 7.11 Å². The normalized spacial score (nSPS) is 10.6. The van der Waals surface area contributed by atoms with Crippen LogP contribution in [0.2, 0.25) is 0 Å². The zero-order valence-corrected chi connectivity index (χ0v) is 14.7. The van der Waals surface area contributed by atoms with Crippen LogP contribution in [-0.4, -0.2) is 37.6 Å². The molecule has 0 aliphatic heterocycles. The number of aryl methyl sites for hydroxylation is 2. The number of nitrogens with zero attached hydrogens (tertiary/aromatic N) is 1. The number of ether oxygens (including phenoxy) is 1. The molecule has 0 bridgehead atoms. The molecular weight excluding hydrogens is 298 g/mol. The number of benzene rings is 2. The third kappa shape index (κ3) is 6.17. The van der Waals surface area contributed by atoms with E-state index in [4.69, 9.17) is 4.74 Å². The van der Waals surface area contributed by atoms with Crippen LogP contribution in [0.25, 0.3) is 0 Å². The maximum Gasteiger partial charge on any atom is 0.227 e. The van der Waals surface area contributed by atoms with Crippen LogP contribution in [0.4, 0.5) is 0 Å². The molecule has 128 valence electrons. The molecule has 0 radical (unpaired) electrons. The Morgan fingerprint density at radius 1 is 1.00 bits per heavy atom. The molecule has 0 heterocycles. The van der Waals surface area contributed by atoms with Gasteiger partial charge in [0, 0.05) is 20.2 Å². The molecule has 3 nitrogen and oxygen atoms in total. The molecule has 0 unspecified atom stereocenters. The van der Waals surface area contributed by atoms with Gasteiger partial charge in [0.1, 0.15) is 0 Å². The number of rotatable bonds is 9. The van der Waals surface area contributed by atoms with Gasteiger partial charge < -0.3 is 9.64 Å². The van der Waals surface area contributed by atoms with E-state index in [0.29, 0.717) is 19.6 Å². The minimum Gasteiger partial charge on any atom is -0.383 e. The van der Waals surface area contributed by atoms with Gasteiger partial charge in [-0.1, -0.05) is 60.2 Å². The number of carbonyl (C=O) groups excluding carboxylic acids is 1. The molecule has 0 fully saturated rings. The van der Waals surface area contributed by atoms with Crippen molar-refractivity contribution < 1.29 is 9.53 Å². The van der Waals surface area contributed by atoms with Crippen LogP contribution in [0.3, 0.4) is 0 Å². The summed E-state index contributed by atoms with van der Waals surface area (Å²) in [7, 11) is 1.67. The van der Waals surface area contributed by atoms with Crippen LogP contribution < -0.4 is 0 Å². The Bertz CT molecular complexity index is 625. The highest BCUT2D eigenvalue weighted by molar-refractivity contribution is 5.78. The lowest BCUT2D eigenvalue weighted by molar-refractivity contribution is -0.131. The summed E-state index contributed by atoms with van der Waals surface area (Å²) in [5.74, 6) is 0.172. The number of hydrogen-bond donors (Lipinski definition) is 0.